The molecule has 0 aromatic heterocycles. The van der Waals surface area contributed by atoms with Crippen molar-refractivity contribution < 1.29 is 0 Å². The van der Waals surface area contributed by atoms with E-state index in [9.17, 15) is 0 Å². The van der Waals surface area contributed by atoms with Crippen LogP contribution >= 0.6 is 22.6 Å². The normalized spacial score (nSPS) is 24.5. The topological polar surface area (TPSA) is 0 Å². The van der Waals surface area contributed by atoms with Gasteiger partial charge in [0.25, 0.3) is 0 Å². The molecule has 1 rings (SSSR count). The minimum atomic E-state index is 0.830. The Morgan fingerprint density at radius 3 is 2.73 bits per heavy atom. The van der Waals surface area contributed by atoms with E-state index in [4.69, 9.17) is 0 Å². The average molecular weight is 262 g/mol. The van der Waals surface area contributed by atoms with Gasteiger partial charge in [0.1, 0.15) is 0 Å². The molecular weight excluding hydrogens is 247 g/mol. The van der Waals surface area contributed by atoms with Crippen molar-refractivity contribution in [1.29, 1.82) is 0 Å². The lowest BCUT2D eigenvalue weighted by Gasteiger charge is -2.20. The summed E-state index contributed by atoms with van der Waals surface area (Å²) in [5, 5.41) is 0. The van der Waals surface area contributed by atoms with Crippen molar-refractivity contribution in [3.63, 3.8) is 0 Å². The Bertz CT molecular complexity index is 189. The van der Waals surface area contributed by atoms with Gasteiger partial charge in [-0.25, -0.2) is 0 Å². The molecule has 0 heterocycles. The molecule has 0 saturated carbocycles. The van der Waals surface area contributed by atoms with E-state index in [-0.39, 0.29) is 0 Å². The second-order valence-corrected chi connectivity index (χ2v) is 4.40. The minimum Gasteiger partial charge on any atom is -0.0670 e. The number of allylic oxidation sites excluding steroid dienone is 4. The standard InChI is InChI=1S/C10H15I/c1-3-8-5-6-10(11)7-9(8)4-2/h5-6,9H,3-4,7H2,1-2H3. The number of rotatable bonds is 2. The molecule has 0 aromatic carbocycles. The fourth-order valence-electron chi connectivity index (χ4n) is 1.58. The molecule has 1 aliphatic rings. The third-order valence-corrected chi connectivity index (χ3v) is 3.15. The molecular formula is C10H15I. The van der Waals surface area contributed by atoms with Crippen molar-refractivity contribution in [3.05, 3.63) is 21.3 Å². The highest BCUT2D eigenvalue weighted by Gasteiger charge is 2.14. The molecule has 1 aliphatic carbocycles. The van der Waals surface area contributed by atoms with Crippen LogP contribution in [0.15, 0.2) is 21.3 Å². The van der Waals surface area contributed by atoms with Crippen molar-refractivity contribution >= 4 is 22.6 Å². The van der Waals surface area contributed by atoms with E-state index in [0.29, 0.717) is 0 Å². The SMILES string of the molecule is CCC1=CC=C(I)CC1CC. The maximum Gasteiger partial charge on any atom is -0.00881 e. The molecule has 0 radical (unpaired) electrons. The maximum atomic E-state index is 2.44. The van der Waals surface area contributed by atoms with Gasteiger partial charge < -0.3 is 0 Å². The molecule has 0 N–H and O–H groups in total. The number of hydrogen-bond acceptors (Lipinski definition) is 0. The first-order valence-corrected chi connectivity index (χ1v) is 5.40. The highest BCUT2D eigenvalue weighted by molar-refractivity contribution is 14.1. The first kappa shape index (κ1) is 9.30. The zero-order chi connectivity index (χ0) is 8.27. The van der Waals surface area contributed by atoms with Gasteiger partial charge in [-0.1, -0.05) is 31.6 Å². The summed E-state index contributed by atoms with van der Waals surface area (Å²) in [6, 6.07) is 0. The average Bonchev–Trinajstić information content (AvgIpc) is 2.04. The van der Waals surface area contributed by atoms with Crippen LogP contribution in [0.5, 0.6) is 0 Å². The first-order valence-electron chi connectivity index (χ1n) is 4.33. The van der Waals surface area contributed by atoms with Crippen molar-refractivity contribution in [2.45, 2.75) is 33.1 Å². The molecule has 11 heavy (non-hydrogen) atoms. The Morgan fingerprint density at radius 1 is 1.45 bits per heavy atom. The predicted octanol–water partition coefficient (Wildman–Crippen LogP) is 4.07. The maximum absolute atomic E-state index is 2.44. The Balaban J connectivity index is 2.71. The minimum absolute atomic E-state index is 0.830. The van der Waals surface area contributed by atoms with Crippen LogP contribution in [0.2, 0.25) is 0 Å². The molecule has 1 unspecified atom stereocenters. The van der Waals surface area contributed by atoms with Crippen LogP contribution < -0.4 is 0 Å². The van der Waals surface area contributed by atoms with E-state index in [1.807, 2.05) is 0 Å². The van der Waals surface area contributed by atoms with Gasteiger partial charge in [0.2, 0.25) is 0 Å². The second-order valence-electron chi connectivity index (χ2n) is 3.02. The lowest BCUT2D eigenvalue weighted by molar-refractivity contribution is 0.575. The van der Waals surface area contributed by atoms with Crippen LogP contribution in [0, 0.1) is 5.92 Å². The van der Waals surface area contributed by atoms with Gasteiger partial charge in [-0.05, 0) is 51.4 Å². The Morgan fingerprint density at radius 2 is 2.18 bits per heavy atom. The molecule has 0 aliphatic heterocycles. The van der Waals surface area contributed by atoms with Crippen LogP contribution in [0.25, 0.3) is 0 Å². The monoisotopic (exact) mass is 262 g/mol. The smallest absolute Gasteiger partial charge is 0.00881 e. The van der Waals surface area contributed by atoms with Crippen molar-refractivity contribution in [2.24, 2.45) is 5.92 Å². The van der Waals surface area contributed by atoms with Crippen molar-refractivity contribution in [2.75, 3.05) is 0 Å². The highest BCUT2D eigenvalue weighted by atomic mass is 127. The molecule has 0 bridgehead atoms. The lowest BCUT2D eigenvalue weighted by atomic mass is 9.88. The van der Waals surface area contributed by atoms with E-state index < -0.39 is 0 Å². The third-order valence-electron chi connectivity index (χ3n) is 2.35. The fourth-order valence-corrected chi connectivity index (χ4v) is 2.29. The second kappa shape index (κ2) is 4.29. The molecule has 0 nitrogen and oxygen atoms in total. The zero-order valence-corrected chi connectivity index (χ0v) is 9.39. The van der Waals surface area contributed by atoms with Crippen LogP contribution in [0.3, 0.4) is 0 Å². The molecule has 62 valence electrons. The van der Waals surface area contributed by atoms with Crippen LogP contribution in [-0.4, -0.2) is 0 Å². The third kappa shape index (κ3) is 2.32. The number of hydrogen-bond donors (Lipinski definition) is 0. The quantitative estimate of drug-likeness (QED) is 0.658. The summed E-state index contributed by atoms with van der Waals surface area (Å²) in [6.07, 6.45) is 8.35. The van der Waals surface area contributed by atoms with E-state index >= 15 is 0 Å². The van der Waals surface area contributed by atoms with Gasteiger partial charge in [0.15, 0.2) is 0 Å². The van der Waals surface area contributed by atoms with Gasteiger partial charge in [-0.15, -0.1) is 0 Å². The summed E-state index contributed by atoms with van der Waals surface area (Å²) in [6.45, 7) is 4.53. The Hall–Kier alpha value is 0.210. The molecule has 0 fully saturated rings. The van der Waals surface area contributed by atoms with Gasteiger partial charge >= 0.3 is 0 Å². The van der Waals surface area contributed by atoms with E-state index in [0.717, 1.165) is 5.92 Å². The summed E-state index contributed by atoms with van der Waals surface area (Å²) < 4.78 is 1.51. The van der Waals surface area contributed by atoms with Gasteiger partial charge in [-0.3, -0.25) is 0 Å². The summed E-state index contributed by atoms with van der Waals surface area (Å²) in [5.41, 5.74) is 1.63. The Labute approximate surface area is 82.9 Å². The van der Waals surface area contributed by atoms with Crippen molar-refractivity contribution in [1.82, 2.24) is 0 Å². The highest BCUT2D eigenvalue weighted by Crippen LogP contribution is 2.32. The summed E-state index contributed by atoms with van der Waals surface area (Å²) in [5.74, 6) is 0.830. The molecule has 0 amide bonds. The van der Waals surface area contributed by atoms with E-state index in [1.165, 1.54) is 22.8 Å². The zero-order valence-electron chi connectivity index (χ0n) is 7.23. The van der Waals surface area contributed by atoms with Crippen LogP contribution in [-0.2, 0) is 0 Å². The van der Waals surface area contributed by atoms with Gasteiger partial charge in [0.05, 0.1) is 0 Å². The van der Waals surface area contributed by atoms with Gasteiger partial charge in [0, 0.05) is 0 Å². The summed E-state index contributed by atoms with van der Waals surface area (Å²) in [7, 11) is 0. The molecule has 1 atom stereocenters. The van der Waals surface area contributed by atoms with Crippen LogP contribution in [0.4, 0.5) is 0 Å². The molecule has 0 aromatic rings. The summed E-state index contributed by atoms with van der Waals surface area (Å²) >= 11 is 2.44. The fraction of sp³-hybridized carbons (Fsp3) is 0.600. The summed E-state index contributed by atoms with van der Waals surface area (Å²) in [4.78, 5) is 0. The predicted molar refractivity (Wildman–Crippen MR) is 58.9 cm³/mol. The molecule has 1 heteroatoms. The molecule has 0 spiro atoms. The largest absolute Gasteiger partial charge is 0.0670 e. The molecule has 0 saturated heterocycles. The number of halogens is 1. The first-order chi connectivity index (χ1) is 5.27. The van der Waals surface area contributed by atoms with Crippen molar-refractivity contribution in [3.8, 4) is 0 Å². The van der Waals surface area contributed by atoms with E-state index in [1.54, 1.807) is 5.57 Å². The Kier molecular flexibility index (Phi) is 3.63. The van der Waals surface area contributed by atoms with Crippen LogP contribution in [0.1, 0.15) is 33.1 Å². The lowest BCUT2D eigenvalue weighted by Crippen LogP contribution is -2.05. The van der Waals surface area contributed by atoms with Gasteiger partial charge in [-0.2, -0.15) is 0 Å². The van der Waals surface area contributed by atoms with E-state index in [2.05, 4.69) is 48.6 Å².